The number of rotatable bonds is 26. The van der Waals surface area contributed by atoms with E-state index in [2.05, 4.69) is 83.6 Å². The standard InChI is InChI=1S/2C19H42N.H2O4S/c2*1-7-11-15-19(16-12-8-2,17-13-9-3)20(5,6)18-14-10-4;1-5(2,3)4/h2*7-18H2,1-6H3;(H2,1,2,3,4)/q2*+1;/p-2. The molecule has 0 aliphatic heterocycles. The van der Waals surface area contributed by atoms with Gasteiger partial charge in [-0.15, -0.1) is 0 Å². The average molecular weight is 665 g/mol. The van der Waals surface area contributed by atoms with E-state index >= 15 is 0 Å². The van der Waals surface area contributed by atoms with Crippen molar-refractivity contribution < 1.29 is 26.5 Å². The van der Waals surface area contributed by atoms with Crippen LogP contribution in [0.2, 0.25) is 0 Å². The molecule has 0 heterocycles. The van der Waals surface area contributed by atoms with Gasteiger partial charge in [-0.05, 0) is 51.4 Å². The minimum absolute atomic E-state index is 0.539. The van der Waals surface area contributed by atoms with E-state index in [1.165, 1.54) is 163 Å². The lowest BCUT2D eigenvalue weighted by atomic mass is 9.79. The van der Waals surface area contributed by atoms with Crippen LogP contribution in [0.3, 0.4) is 0 Å². The fourth-order valence-electron chi connectivity index (χ4n) is 7.18. The van der Waals surface area contributed by atoms with Crippen molar-refractivity contribution in [3.8, 4) is 0 Å². The van der Waals surface area contributed by atoms with Gasteiger partial charge in [-0.3, -0.25) is 8.42 Å². The van der Waals surface area contributed by atoms with Crippen LogP contribution in [0.1, 0.15) is 197 Å². The van der Waals surface area contributed by atoms with E-state index in [1.807, 2.05) is 0 Å². The summed E-state index contributed by atoms with van der Waals surface area (Å²) in [7, 11) is 4.88. The normalized spacial score (nSPS) is 12.8. The second kappa shape index (κ2) is 27.7. The van der Waals surface area contributed by atoms with Gasteiger partial charge in [-0.25, -0.2) is 0 Å². The highest BCUT2D eigenvalue weighted by molar-refractivity contribution is 7.79. The zero-order valence-electron chi connectivity index (χ0n) is 32.9. The Bertz CT molecular complexity index is 653. The van der Waals surface area contributed by atoms with Crippen molar-refractivity contribution in [3.63, 3.8) is 0 Å². The molecule has 7 heteroatoms. The van der Waals surface area contributed by atoms with Crippen LogP contribution >= 0.6 is 0 Å². The van der Waals surface area contributed by atoms with Crippen LogP contribution in [0.5, 0.6) is 0 Å². The second-order valence-electron chi connectivity index (χ2n) is 15.0. The first-order chi connectivity index (χ1) is 21.0. The molecule has 0 aromatic carbocycles. The fourth-order valence-corrected chi connectivity index (χ4v) is 7.18. The molecule has 0 fully saturated rings. The molecule has 0 aliphatic rings. The zero-order valence-corrected chi connectivity index (χ0v) is 33.7. The van der Waals surface area contributed by atoms with Crippen LogP contribution in [-0.4, -0.2) is 78.8 Å². The summed E-state index contributed by atoms with van der Waals surface area (Å²) in [6, 6.07) is 0. The maximum atomic E-state index is 8.52. The molecular weight excluding hydrogens is 580 g/mol. The maximum Gasteiger partial charge on any atom is 0.0988 e. The van der Waals surface area contributed by atoms with Gasteiger partial charge in [-0.1, -0.05) is 107 Å². The number of hydrogen-bond donors (Lipinski definition) is 0. The van der Waals surface area contributed by atoms with Crippen molar-refractivity contribution in [2.75, 3.05) is 41.3 Å². The minimum Gasteiger partial charge on any atom is -0.759 e. The van der Waals surface area contributed by atoms with Gasteiger partial charge in [0.1, 0.15) is 0 Å². The third-order valence-electron chi connectivity index (χ3n) is 10.7. The van der Waals surface area contributed by atoms with Crippen molar-refractivity contribution in [2.45, 2.75) is 208 Å². The van der Waals surface area contributed by atoms with E-state index in [0.29, 0.717) is 11.1 Å². The summed E-state index contributed by atoms with van der Waals surface area (Å²) < 4.78 is 36.6. The minimum atomic E-state index is -5.17. The highest BCUT2D eigenvalue weighted by Crippen LogP contribution is 2.39. The van der Waals surface area contributed by atoms with E-state index in [-0.39, 0.29) is 0 Å². The molecule has 0 spiro atoms. The van der Waals surface area contributed by atoms with Gasteiger partial charge < -0.3 is 18.1 Å². The molecule has 0 atom stereocenters. The highest BCUT2D eigenvalue weighted by atomic mass is 32.3. The van der Waals surface area contributed by atoms with E-state index in [0.717, 1.165) is 0 Å². The SMILES string of the molecule is CCCCC(CCCC)(CCCC)[N+](C)(C)CCCC.CCCCC(CCCC)(CCCC)[N+](C)(C)CCCC.O=S(=O)([O-])[O-]. The van der Waals surface area contributed by atoms with Crippen LogP contribution in [0, 0.1) is 0 Å². The molecule has 0 saturated carbocycles. The van der Waals surface area contributed by atoms with Crippen molar-refractivity contribution in [1.82, 2.24) is 0 Å². The highest BCUT2D eigenvalue weighted by Gasteiger charge is 2.44. The van der Waals surface area contributed by atoms with E-state index in [4.69, 9.17) is 17.5 Å². The molecule has 276 valence electrons. The van der Waals surface area contributed by atoms with Gasteiger partial charge in [0.2, 0.25) is 0 Å². The van der Waals surface area contributed by atoms with Gasteiger partial charge in [0.25, 0.3) is 0 Å². The number of unbranched alkanes of at least 4 members (excludes halogenated alkanes) is 8. The Balaban J connectivity index is -0.000000680. The molecule has 0 saturated heterocycles. The largest absolute Gasteiger partial charge is 0.759 e. The first-order valence-electron chi connectivity index (χ1n) is 19.3. The monoisotopic (exact) mass is 665 g/mol. The third-order valence-corrected chi connectivity index (χ3v) is 10.7. The van der Waals surface area contributed by atoms with Gasteiger partial charge in [0.05, 0.1) is 52.4 Å². The lowest BCUT2D eigenvalue weighted by molar-refractivity contribution is -0.944. The predicted octanol–water partition coefficient (Wildman–Crippen LogP) is 11.0. The van der Waals surface area contributed by atoms with Crippen molar-refractivity contribution in [1.29, 1.82) is 0 Å². The lowest BCUT2D eigenvalue weighted by Crippen LogP contribution is -2.60. The second-order valence-corrected chi connectivity index (χ2v) is 15.8. The smallest absolute Gasteiger partial charge is 0.0988 e. The van der Waals surface area contributed by atoms with E-state index < -0.39 is 10.4 Å². The molecule has 45 heavy (non-hydrogen) atoms. The Hall–Kier alpha value is -0.210. The Labute approximate surface area is 285 Å². The molecule has 0 aliphatic carbocycles. The number of nitrogens with zero attached hydrogens (tertiary/aromatic N) is 2. The summed E-state index contributed by atoms with van der Waals surface area (Å²) in [6.45, 7) is 21.4. The van der Waals surface area contributed by atoms with E-state index in [9.17, 15) is 0 Å². The lowest BCUT2D eigenvalue weighted by Gasteiger charge is -2.50. The molecule has 6 nitrogen and oxygen atoms in total. The predicted molar refractivity (Wildman–Crippen MR) is 197 cm³/mol. The molecule has 0 bridgehead atoms. The van der Waals surface area contributed by atoms with Crippen LogP contribution in [0.4, 0.5) is 0 Å². The molecule has 0 radical (unpaired) electrons. The van der Waals surface area contributed by atoms with Crippen LogP contribution in [-0.2, 0) is 10.4 Å². The van der Waals surface area contributed by atoms with Crippen molar-refractivity contribution in [3.05, 3.63) is 0 Å². The quantitative estimate of drug-likeness (QED) is 0.0523. The van der Waals surface area contributed by atoms with Gasteiger partial charge in [-0.2, -0.15) is 0 Å². The first-order valence-corrected chi connectivity index (χ1v) is 20.6. The summed E-state index contributed by atoms with van der Waals surface area (Å²) in [5.41, 5.74) is 1.08. The summed E-state index contributed by atoms with van der Waals surface area (Å²) in [5, 5.41) is 0. The van der Waals surface area contributed by atoms with Gasteiger partial charge in [0.15, 0.2) is 0 Å². The summed E-state index contributed by atoms with van der Waals surface area (Å²) in [5.74, 6) is 0. The molecule has 0 aromatic heterocycles. The van der Waals surface area contributed by atoms with Crippen LogP contribution in [0.25, 0.3) is 0 Å². The summed E-state index contributed by atoms with van der Waals surface area (Å²) in [6.07, 6.45) is 30.5. The van der Waals surface area contributed by atoms with E-state index in [1.54, 1.807) is 0 Å². The molecule has 0 amide bonds. The number of hydrogen-bond acceptors (Lipinski definition) is 4. The summed E-state index contributed by atoms with van der Waals surface area (Å²) >= 11 is 0. The molecule has 0 rings (SSSR count). The fraction of sp³-hybridized carbons (Fsp3) is 1.00. The van der Waals surface area contributed by atoms with Crippen LogP contribution in [0.15, 0.2) is 0 Å². The third kappa shape index (κ3) is 22.9. The van der Waals surface area contributed by atoms with Gasteiger partial charge >= 0.3 is 0 Å². The first kappa shape index (κ1) is 49.2. The zero-order chi connectivity index (χ0) is 35.5. The number of quaternary nitrogens is 2. The summed E-state index contributed by atoms with van der Waals surface area (Å²) in [4.78, 5) is 0. The van der Waals surface area contributed by atoms with Crippen LogP contribution < -0.4 is 0 Å². The maximum absolute atomic E-state index is 8.52. The average Bonchev–Trinajstić information content (AvgIpc) is 2.97. The molecular formula is C38H84N2O4S. The molecule has 0 aromatic rings. The molecule has 0 N–H and O–H groups in total. The molecule has 0 unspecified atom stereocenters. The Kier molecular flexibility index (Phi) is 30.3. The Morgan fingerprint density at radius 3 is 0.689 bits per heavy atom. The van der Waals surface area contributed by atoms with Crippen molar-refractivity contribution >= 4 is 10.4 Å². The van der Waals surface area contributed by atoms with Crippen molar-refractivity contribution in [2.24, 2.45) is 0 Å². The Morgan fingerprint density at radius 1 is 0.400 bits per heavy atom. The Morgan fingerprint density at radius 2 is 0.556 bits per heavy atom. The van der Waals surface area contributed by atoms with Gasteiger partial charge in [0, 0.05) is 48.9 Å². The topological polar surface area (TPSA) is 80.3 Å².